The zero-order valence-corrected chi connectivity index (χ0v) is 15.7. The first kappa shape index (κ1) is 18.4. The van der Waals surface area contributed by atoms with Crippen LogP contribution in [-0.2, 0) is 13.0 Å². The van der Waals surface area contributed by atoms with Crippen molar-refractivity contribution >= 4 is 16.5 Å². The van der Waals surface area contributed by atoms with Crippen LogP contribution in [0.5, 0.6) is 0 Å². The fourth-order valence-corrected chi connectivity index (χ4v) is 3.39. The van der Waals surface area contributed by atoms with Crippen LogP contribution in [0.1, 0.15) is 58.5 Å². The molecule has 0 aliphatic carbocycles. The van der Waals surface area contributed by atoms with Crippen LogP contribution in [0.4, 0.5) is 5.13 Å². The minimum atomic E-state index is 0.293. The van der Waals surface area contributed by atoms with Gasteiger partial charge in [-0.3, -0.25) is 0 Å². The van der Waals surface area contributed by atoms with Gasteiger partial charge in [-0.2, -0.15) is 0 Å². The summed E-state index contributed by atoms with van der Waals surface area (Å²) in [6, 6.07) is 0. The van der Waals surface area contributed by atoms with Crippen molar-refractivity contribution in [2.45, 2.75) is 60.9 Å². The highest BCUT2D eigenvalue weighted by atomic mass is 32.1. The summed E-state index contributed by atoms with van der Waals surface area (Å²) in [5.41, 5.74) is 1.58. The molecule has 1 rings (SSSR count). The normalized spacial score (nSPS) is 12.2. The standard InChI is InChI=1S/C17H33N3S/c1-8-9-14-15(11-18-10-13(2)3)21-16(19-14)20(7)12-17(4,5)6/h13,18H,8-12H2,1-7H3. The van der Waals surface area contributed by atoms with Gasteiger partial charge >= 0.3 is 0 Å². The first-order chi connectivity index (χ1) is 9.73. The monoisotopic (exact) mass is 311 g/mol. The molecule has 0 spiro atoms. The molecular formula is C17H33N3S. The van der Waals surface area contributed by atoms with E-state index in [9.17, 15) is 0 Å². The van der Waals surface area contributed by atoms with Gasteiger partial charge in [-0.25, -0.2) is 4.98 Å². The molecule has 0 aliphatic heterocycles. The number of aryl methyl sites for hydroxylation is 1. The van der Waals surface area contributed by atoms with Gasteiger partial charge in [0, 0.05) is 25.0 Å². The van der Waals surface area contributed by atoms with Gasteiger partial charge < -0.3 is 10.2 Å². The van der Waals surface area contributed by atoms with Gasteiger partial charge in [0.15, 0.2) is 5.13 Å². The van der Waals surface area contributed by atoms with Crippen molar-refractivity contribution in [2.24, 2.45) is 11.3 Å². The maximum atomic E-state index is 4.89. The van der Waals surface area contributed by atoms with E-state index in [0.717, 1.165) is 37.6 Å². The third-order valence-corrected chi connectivity index (χ3v) is 4.34. The molecule has 1 heterocycles. The first-order valence-corrected chi connectivity index (χ1v) is 8.95. The van der Waals surface area contributed by atoms with E-state index < -0.39 is 0 Å². The second kappa shape index (κ2) is 8.14. The van der Waals surface area contributed by atoms with Crippen molar-refractivity contribution in [1.29, 1.82) is 0 Å². The zero-order valence-electron chi connectivity index (χ0n) is 14.9. The number of hydrogen-bond acceptors (Lipinski definition) is 4. The Morgan fingerprint density at radius 1 is 1.29 bits per heavy atom. The van der Waals surface area contributed by atoms with Crippen molar-refractivity contribution in [3.8, 4) is 0 Å². The summed E-state index contributed by atoms with van der Waals surface area (Å²) >= 11 is 1.85. The summed E-state index contributed by atoms with van der Waals surface area (Å²) < 4.78 is 0. The minimum Gasteiger partial charge on any atom is -0.351 e. The number of thiazole rings is 1. The molecule has 0 amide bonds. The van der Waals surface area contributed by atoms with E-state index in [4.69, 9.17) is 4.98 Å². The molecular weight excluding hydrogens is 278 g/mol. The predicted octanol–water partition coefficient (Wildman–Crippen LogP) is 4.32. The molecule has 0 radical (unpaired) electrons. The van der Waals surface area contributed by atoms with E-state index in [1.54, 1.807) is 0 Å². The quantitative estimate of drug-likeness (QED) is 0.775. The molecule has 0 bridgehead atoms. The number of anilines is 1. The van der Waals surface area contributed by atoms with E-state index in [1.807, 2.05) is 11.3 Å². The summed E-state index contributed by atoms with van der Waals surface area (Å²) in [5.74, 6) is 0.690. The van der Waals surface area contributed by atoms with Gasteiger partial charge in [-0.05, 0) is 24.3 Å². The van der Waals surface area contributed by atoms with Crippen molar-refractivity contribution in [3.63, 3.8) is 0 Å². The Labute approximate surface area is 135 Å². The molecule has 0 saturated carbocycles. The molecule has 0 aliphatic rings. The minimum absolute atomic E-state index is 0.293. The van der Waals surface area contributed by atoms with E-state index in [2.05, 4.69) is 58.8 Å². The van der Waals surface area contributed by atoms with Gasteiger partial charge in [-0.1, -0.05) is 48.0 Å². The largest absolute Gasteiger partial charge is 0.351 e. The topological polar surface area (TPSA) is 28.2 Å². The second-order valence-corrected chi connectivity index (χ2v) is 8.62. The Kier molecular flexibility index (Phi) is 7.14. The third kappa shape index (κ3) is 6.79. The Morgan fingerprint density at radius 2 is 1.95 bits per heavy atom. The molecule has 0 atom stereocenters. The van der Waals surface area contributed by atoms with Crippen LogP contribution < -0.4 is 10.2 Å². The lowest BCUT2D eigenvalue weighted by Gasteiger charge is -2.26. The number of nitrogens with one attached hydrogen (secondary N) is 1. The highest BCUT2D eigenvalue weighted by molar-refractivity contribution is 7.15. The maximum absolute atomic E-state index is 4.89. The molecule has 0 saturated heterocycles. The molecule has 3 nitrogen and oxygen atoms in total. The summed E-state index contributed by atoms with van der Waals surface area (Å²) in [7, 11) is 2.16. The predicted molar refractivity (Wildman–Crippen MR) is 95.4 cm³/mol. The van der Waals surface area contributed by atoms with Crippen LogP contribution in [0.2, 0.25) is 0 Å². The van der Waals surface area contributed by atoms with E-state index >= 15 is 0 Å². The molecule has 4 heteroatoms. The Morgan fingerprint density at radius 3 is 2.48 bits per heavy atom. The number of hydrogen-bond donors (Lipinski definition) is 1. The lowest BCUT2D eigenvalue weighted by Crippen LogP contribution is -2.28. The summed E-state index contributed by atoms with van der Waals surface area (Å²) in [4.78, 5) is 8.60. The summed E-state index contributed by atoms with van der Waals surface area (Å²) in [6.45, 7) is 16.6. The van der Waals surface area contributed by atoms with Crippen LogP contribution in [0, 0.1) is 11.3 Å². The molecule has 21 heavy (non-hydrogen) atoms. The Balaban J connectivity index is 2.77. The summed E-state index contributed by atoms with van der Waals surface area (Å²) in [6.07, 6.45) is 2.24. The Bertz CT molecular complexity index is 418. The van der Waals surface area contributed by atoms with Crippen molar-refractivity contribution < 1.29 is 0 Å². The van der Waals surface area contributed by atoms with Gasteiger partial charge in [0.2, 0.25) is 0 Å². The molecule has 0 fully saturated rings. The van der Waals surface area contributed by atoms with Crippen molar-refractivity contribution in [1.82, 2.24) is 10.3 Å². The highest BCUT2D eigenvalue weighted by Crippen LogP contribution is 2.28. The molecule has 1 aromatic rings. The molecule has 0 aromatic carbocycles. The van der Waals surface area contributed by atoms with Crippen LogP contribution >= 0.6 is 11.3 Å². The van der Waals surface area contributed by atoms with E-state index in [1.165, 1.54) is 10.6 Å². The molecule has 0 unspecified atom stereocenters. The van der Waals surface area contributed by atoms with E-state index in [0.29, 0.717) is 11.3 Å². The Hall–Kier alpha value is -0.610. The van der Waals surface area contributed by atoms with Crippen LogP contribution in [0.25, 0.3) is 0 Å². The van der Waals surface area contributed by atoms with Crippen molar-refractivity contribution in [2.75, 3.05) is 25.0 Å². The van der Waals surface area contributed by atoms with Crippen LogP contribution in [0.3, 0.4) is 0 Å². The fraction of sp³-hybridized carbons (Fsp3) is 0.824. The maximum Gasteiger partial charge on any atom is 0.185 e. The molecule has 1 N–H and O–H groups in total. The fourth-order valence-electron chi connectivity index (χ4n) is 2.36. The van der Waals surface area contributed by atoms with Crippen LogP contribution in [-0.4, -0.2) is 25.1 Å². The average molecular weight is 312 g/mol. The average Bonchev–Trinajstić information content (AvgIpc) is 2.71. The lowest BCUT2D eigenvalue weighted by atomic mass is 9.96. The van der Waals surface area contributed by atoms with Gasteiger partial charge in [0.1, 0.15) is 0 Å². The van der Waals surface area contributed by atoms with Crippen molar-refractivity contribution in [3.05, 3.63) is 10.6 Å². The first-order valence-electron chi connectivity index (χ1n) is 8.13. The van der Waals surface area contributed by atoms with E-state index in [-0.39, 0.29) is 0 Å². The highest BCUT2D eigenvalue weighted by Gasteiger charge is 2.18. The van der Waals surface area contributed by atoms with Gasteiger partial charge in [0.05, 0.1) is 5.69 Å². The van der Waals surface area contributed by atoms with Gasteiger partial charge in [0.25, 0.3) is 0 Å². The number of rotatable bonds is 8. The second-order valence-electron chi connectivity index (χ2n) is 7.56. The van der Waals surface area contributed by atoms with Gasteiger partial charge in [-0.15, -0.1) is 11.3 Å². The SMILES string of the molecule is CCCc1nc(N(C)CC(C)(C)C)sc1CNCC(C)C. The zero-order chi connectivity index (χ0) is 16.0. The number of nitrogens with zero attached hydrogens (tertiary/aromatic N) is 2. The van der Waals surface area contributed by atoms with Crippen LogP contribution in [0.15, 0.2) is 0 Å². The smallest absolute Gasteiger partial charge is 0.185 e. The summed E-state index contributed by atoms with van der Waals surface area (Å²) in [5, 5.41) is 4.71. The molecule has 1 aromatic heterocycles. The lowest BCUT2D eigenvalue weighted by molar-refractivity contribution is 0.418. The molecule has 122 valence electrons. The third-order valence-electron chi connectivity index (χ3n) is 3.13. The number of aromatic nitrogens is 1.